The molecule has 1 aliphatic heterocycles. The zero-order valence-electron chi connectivity index (χ0n) is 22.3. The number of hydrogen-bond donors (Lipinski definition) is 3. The summed E-state index contributed by atoms with van der Waals surface area (Å²) in [6, 6.07) is 19.6. The van der Waals surface area contributed by atoms with E-state index in [1.54, 1.807) is 12.1 Å². The summed E-state index contributed by atoms with van der Waals surface area (Å²) in [6.07, 6.45) is 1.05. The van der Waals surface area contributed by atoms with Crippen LogP contribution in [0.4, 0.5) is 0 Å². The predicted molar refractivity (Wildman–Crippen MR) is 148 cm³/mol. The lowest BCUT2D eigenvalue weighted by Gasteiger charge is -2.19. The van der Waals surface area contributed by atoms with Crippen molar-refractivity contribution in [2.75, 3.05) is 6.54 Å². The van der Waals surface area contributed by atoms with Gasteiger partial charge in [-0.15, -0.1) is 0 Å². The molecule has 39 heavy (non-hydrogen) atoms. The molecule has 1 amide bonds. The van der Waals surface area contributed by atoms with Gasteiger partial charge in [0.1, 0.15) is 6.04 Å². The third kappa shape index (κ3) is 5.91. The number of carbonyl (C=O) groups excluding carboxylic acids is 1. The largest absolute Gasteiger partial charge is 0.480 e. The van der Waals surface area contributed by atoms with Gasteiger partial charge in [0.15, 0.2) is 0 Å². The van der Waals surface area contributed by atoms with Crippen LogP contribution in [-0.4, -0.2) is 39.7 Å². The number of carboxylic acid groups (broad SMARTS) is 1. The summed E-state index contributed by atoms with van der Waals surface area (Å²) >= 11 is 0. The molecule has 2 heterocycles. The zero-order valence-corrected chi connectivity index (χ0v) is 22.3. The molecule has 5 rings (SSSR count). The first-order valence-corrected chi connectivity index (χ1v) is 13.1. The maximum absolute atomic E-state index is 12.8. The molecule has 4 aromatic rings. The molecule has 0 saturated carbocycles. The van der Waals surface area contributed by atoms with Crippen LogP contribution in [0.2, 0.25) is 0 Å². The van der Waals surface area contributed by atoms with E-state index in [1.165, 1.54) is 11.1 Å². The minimum absolute atomic E-state index is 0.0352. The average Bonchev–Trinajstić information content (AvgIpc) is 3.42. The van der Waals surface area contributed by atoms with Crippen molar-refractivity contribution in [2.45, 2.75) is 51.6 Å². The summed E-state index contributed by atoms with van der Waals surface area (Å²) in [6.45, 7) is 8.03. The van der Waals surface area contributed by atoms with E-state index in [4.69, 9.17) is 4.52 Å². The van der Waals surface area contributed by atoms with Crippen molar-refractivity contribution >= 4 is 11.9 Å². The van der Waals surface area contributed by atoms with Crippen LogP contribution in [0.1, 0.15) is 53.4 Å². The summed E-state index contributed by atoms with van der Waals surface area (Å²) in [5.41, 5.74) is 6.44. The Morgan fingerprint density at radius 3 is 2.49 bits per heavy atom. The van der Waals surface area contributed by atoms with Gasteiger partial charge < -0.3 is 20.3 Å². The lowest BCUT2D eigenvalue weighted by molar-refractivity contribution is -0.139. The van der Waals surface area contributed by atoms with Gasteiger partial charge in [-0.25, -0.2) is 4.79 Å². The first-order chi connectivity index (χ1) is 18.7. The third-order valence-electron chi connectivity index (χ3n) is 7.07. The standard InChI is InChI=1S/C31H32N4O4/c1-31(2,3)23-13-11-21(12-14-23)28(36)33-26(30(37)38)17-19-7-9-20(10-8-19)27-34-29(39-35-27)25-6-4-5-22-18-32-16-15-24(22)25/h4-14,26,32H,15-18H2,1-3H3,(H,33,36)(H,37,38)/t26-/m0/s1. The van der Waals surface area contributed by atoms with Gasteiger partial charge in [-0.05, 0) is 58.8 Å². The van der Waals surface area contributed by atoms with Gasteiger partial charge in [0.2, 0.25) is 5.82 Å². The fourth-order valence-electron chi connectivity index (χ4n) is 4.77. The molecular formula is C31H32N4O4. The van der Waals surface area contributed by atoms with Crippen LogP contribution >= 0.6 is 0 Å². The number of carbonyl (C=O) groups is 2. The van der Waals surface area contributed by atoms with Crippen molar-refractivity contribution in [1.82, 2.24) is 20.8 Å². The molecule has 0 radical (unpaired) electrons. The highest BCUT2D eigenvalue weighted by molar-refractivity contribution is 5.96. The molecule has 0 aliphatic carbocycles. The van der Waals surface area contributed by atoms with Crippen LogP contribution in [0, 0.1) is 0 Å². The normalized spacial score (nSPS) is 13.9. The van der Waals surface area contributed by atoms with Gasteiger partial charge in [0.25, 0.3) is 11.8 Å². The van der Waals surface area contributed by atoms with E-state index in [0.29, 0.717) is 17.3 Å². The smallest absolute Gasteiger partial charge is 0.326 e. The van der Waals surface area contributed by atoms with Crippen molar-refractivity contribution in [1.29, 1.82) is 0 Å². The number of aromatic nitrogens is 2. The number of benzene rings is 3. The predicted octanol–water partition coefficient (Wildman–Crippen LogP) is 4.77. The van der Waals surface area contributed by atoms with Gasteiger partial charge in [-0.1, -0.05) is 74.5 Å². The Morgan fingerprint density at radius 1 is 1.05 bits per heavy atom. The van der Waals surface area contributed by atoms with Crippen molar-refractivity contribution < 1.29 is 19.2 Å². The summed E-state index contributed by atoms with van der Waals surface area (Å²) in [5, 5.41) is 20.0. The van der Waals surface area contributed by atoms with Crippen molar-refractivity contribution in [3.63, 3.8) is 0 Å². The molecule has 1 atom stereocenters. The molecule has 0 spiro atoms. The third-order valence-corrected chi connectivity index (χ3v) is 7.07. The first-order valence-electron chi connectivity index (χ1n) is 13.1. The summed E-state index contributed by atoms with van der Waals surface area (Å²) in [5.74, 6) is -0.567. The summed E-state index contributed by atoms with van der Waals surface area (Å²) in [4.78, 5) is 29.3. The molecule has 0 fully saturated rings. The second-order valence-corrected chi connectivity index (χ2v) is 10.9. The van der Waals surface area contributed by atoms with Crippen LogP contribution in [0.3, 0.4) is 0 Å². The van der Waals surface area contributed by atoms with Crippen molar-refractivity contribution in [2.24, 2.45) is 0 Å². The Bertz CT molecular complexity index is 1480. The molecule has 3 aromatic carbocycles. The maximum atomic E-state index is 12.8. The van der Waals surface area contributed by atoms with E-state index < -0.39 is 17.9 Å². The molecular weight excluding hydrogens is 492 g/mol. The van der Waals surface area contributed by atoms with Gasteiger partial charge >= 0.3 is 5.97 Å². The van der Waals surface area contributed by atoms with Gasteiger partial charge in [0.05, 0.1) is 0 Å². The topological polar surface area (TPSA) is 117 Å². The van der Waals surface area contributed by atoms with E-state index in [0.717, 1.165) is 41.8 Å². The van der Waals surface area contributed by atoms with E-state index >= 15 is 0 Å². The number of fused-ring (bicyclic) bond motifs is 1. The highest BCUT2D eigenvalue weighted by Crippen LogP contribution is 2.29. The fraction of sp³-hybridized carbons (Fsp3) is 0.290. The van der Waals surface area contributed by atoms with Gasteiger partial charge in [-0.2, -0.15) is 4.98 Å². The number of carboxylic acids is 1. The average molecular weight is 525 g/mol. The number of amides is 1. The molecule has 1 aromatic heterocycles. The Morgan fingerprint density at radius 2 is 1.79 bits per heavy atom. The molecule has 0 saturated heterocycles. The zero-order chi connectivity index (χ0) is 27.6. The van der Waals surface area contributed by atoms with E-state index in [2.05, 4.69) is 47.6 Å². The van der Waals surface area contributed by atoms with Crippen molar-refractivity contribution in [3.8, 4) is 22.8 Å². The van der Waals surface area contributed by atoms with Gasteiger partial charge in [-0.3, -0.25) is 4.79 Å². The van der Waals surface area contributed by atoms with Crippen LogP contribution in [0.25, 0.3) is 22.8 Å². The molecule has 0 unspecified atom stereocenters. The van der Waals surface area contributed by atoms with E-state index in [9.17, 15) is 14.7 Å². The highest BCUT2D eigenvalue weighted by atomic mass is 16.5. The van der Waals surface area contributed by atoms with Crippen LogP contribution < -0.4 is 10.6 Å². The maximum Gasteiger partial charge on any atom is 0.326 e. The SMILES string of the molecule is CC(C)(C)c1ccc(C(=O)N[C@@H](Cc2ccc(-c3noc(-c4cccc5c4CCNC5)n3)cc2)C(=O)O)cc1. The summed E-state index contributed by atoms with van der Waals surface area (Å²) < 4.78 is 5.60. The van der Waals surface area contributed by atoms with Crippen molar-refractivity contribution in [3.05, 3.63) is 94.5 Å². The molecule has 200 valence electrons. The lowest BCUT2D eigenvalue weighted by atomic mass is 9.86. The first kappa shape index (κ1) is 26.3. The summed E-state index contributed by atoms with van der Waals surface area (Å²) in [7, 11) is 0. The van der Waals surface area contributed by atoms with E-state index in [-0.39, 0.29) is 11.8 Å². The number of aliphatic carboxylic acids is 1. The van der Waals surface area contributed by atoms with Crippen LogP contribution in [0.15, 0.2) is 71.3 Å². The number of hydrogen-bond acceptors (Lipinski definition) is 6. The minimum atomic E-state index is -1.09. The fourth-order valence-corrected chi connectivity index (χ4v) is 4.77. The second kappa shape index (κ2) is 10.8. The number of rotatable bonds is 7. The highest BCUT2D eigenvalue weighted by Gasteiger charge is 2.23. The monoisotopic (exact) mass is 524 g/mol. The van der Waals surface area contributed by atoms with E-state index in [1.807, 2.05) is 48.5 Å². The van der Waals surface area contributed by atoms with Crippen LogP contribution in [0.5, 0.6) is 0 Å². The Balaban J connectivity index is 1.27. The minimum Gasteiger partial charge on any atom is -0.480 e. The second-order valence-electron chi connectivity index (χ2n) is 10.9. The Kier molecular flexibility index (Phi) is 7.30. The van der Waals surface area contributed by atoms with Gasteiger partial charge in [0, 0.05) is 29.7 Å². The molecule has 1 aliphatic rings. The lowest BCUT2D eigenvalue weighted by Crippen LogP contribution is -2.42. The molecule has 8 heteroatoms. The number of nitrogens with one attached hydrogen (secondary N) is 2. The Labute approximate surface area is 227 Å². The number of nitrogens with zero attached hydrogens (tertiary/aromatic N) is 2. The molecule has 0 bridgehead atoms. The van der Waals surface area contributed by atoms with Crippen LogP contribution in [-0.2, 0) is 29.6 Å². The Hall–Kier alpha value is -4.30. The quantitative estimate of drug-likeness (QED) is 0.319. The molecule has 3 N–H and O–H groups in total. The molecule has 8 nitrogen and oxygen atoms in total.